The minimum absolute atomic E-state index is 0.541. The summed E-state index contributed by atoms with van der Waals surface area (Å²) < 4.78 is 10.2. The van der Waals surface area contributed by atoms with Crippen LogP contribution in [0.3, 0.4) is 0 Å². The zero-order valence-electron chi connectivity index (χ0n) is 12.8. The van der Waals surface area contributed by atoms with Crippen molar-refractivity contribution in [2.24, 2.45) is 0 Å². The van der Waals surface area contributed by atoms with E-state index in [1.807, 2.05) is 0 Å². The zero-order chi connectivity index (χ0) is 15.5. The molecule has 1 atom stereocenters. The SMILES string of the molecule is COCCCN(CCOC)CC(O)c1ccc(C#N)cc1. The number of nitriles is 1. The van der Waals surface area contributed by atoms with E-state index in [9.17, 15) is 5.11 Å². The van der Waals surface area contributed by atoms with Crippen LogP contribution in [0.15, 0.2) is 24.3 Å². The molecule has 0 saturated carbocycles. The minimum atomic E-state index is -0.572. The summed E-state index contributed by atoms with van der Waals surface area (Å²) in [5, 5.41) is 19.1. The lowest BCUT2D eigenvalue weighted by Crippen LogP contribution is -2.33. The molecule has 5 heteroatoms. The van der Waals surface area contributed by atoms with Gasteiger partial charge in [0.25, 0.3) is 0 Å². The van der Waals surface area contributed by atoms with Gasteiger partial charge in [-0.1, -0.05) is 12.1 Å². The summed E-state index contributed by atoms with van der Waals surface area (Å²) >= 11 is 0. The van der Waals surface area contributed by atoms with Crippen LogP contribution in [-0.4, -0.2) is 57.1 Å². The highest BCUT2D eigenvalue weighted by atomic mass is 16.5. The molecule has 1 rings (SSSR count). The average molecular weight is 292 g/mol. The number of hydrogen-bond donors (Lipinski definition) is 1. The van der Waals surface area contributed by atoms with Gasteiger partial charge in [0.05, 0.1) is 24.3 Å². The maximum Gasteiger partial charge on any atom is 0.0991 e. The molecule has 0 aliphatic heterocycles. The molecule has 0 saturated heterocycles. The Morgan fingerprint density at radius 2 is 1.81 bits per heavy atom. The molecule has 1 aromatic rings. The van der Waals surface area contributed by atoms with Crippen molar-refractivity contribution in [3.8, 4) is 6.07 Å². The van der Waals surface area contributed by atoms with Gasteiger partial charge in [-0.15, -0.1) is 0 Å². The topological polar surface area (TPSA) is 65.7 Å². The maximum absolute atomic E-state index is 10.3. The summed E-state index contributed by atoms with van der Waals surface area (Å²) in [7, 11) is 3.36. The molecule has 21 heavy (non-hydrogen) atoms. The lowest BCUT2D eigenvalue weighted by molar-refractivity contribution is 0.0818. The largest absolute Gasteiger partial charge is 0.387 e. The maximum atomic E-state index is 10.3. The van der Waals surface area contributed by atoms with Crippen molar-refractivity contribution in [3.63, 3.8) is 0 Å². The molecule has 1 N–H and O–H groups in total. The Kier molecular flexibility index (Phi) is 8.63. The summed E-state index contributed by atoms with van der Waals surface area (Å²) in [6.07, 6.45) is 0.345. The molecule has 0 bridgehead atoms. The third-order valence-electron chi connectivity index (χ3n) is 3.29. The first kappa shape index (κ1) is 17.6. The van der Waals surface area contributed by atoms with Gasteiger partial charge < -0.3 is 14.6 Å². The third kappa shape index (κ3) is 6.69. The molecule has 0 amide bonds. The smallest absolute Gasteiger partial charge is 0.0991 e. The standard InChI is InChI=1S/C16H24N2O3/c1-20-10-3-8-18(9-11-21-2)13-16(19)15-6-4-14(12-17)5-7-15/h4-7,16,19H,3,8-11,13H2,1-2H3. The first-order chi connectivity index (χ1) is 10.2. The third-order valence-corrected chi connectivity index (χ3v) is 3.29. The van der Waals surface area contributed by atoms with Gasteiger partial charge in [0.1, 0.15) is 0 Å². The van der Waals surface area contributed by atoms with Crippen LogP contribution in [0.4, 0.5) is 0 Å². The van der Waals surface area contributed by atoms with Gasteiger partial charge in [-0.05, 0) is 24.1 Å². The quantitative estimate of drug-likeness (QED) is 0.663. The second-order valence-corrected chi connectivity index (χ2v) is 4.89. The average Bonchev–Trinajstić information content (AvgIpc) is 2.52. The van der Waals surface area contributed by atoms with E-state index in [2.05, 4.69) is 11.0 Å². The number of methoxy groups -OCH3 is 2. The molecular formula is C16H24N2O3. The van der Waals surface area contributed by atoms with E-state index in [0.29, 0.717) is 25.3 Å². The molecule has 0 spiro atoms. The summed E-state index contributed by atoms with van der Waals surface area (Å²) in [6, 6.07) is 9.12. The fraction of sp³-hybridized carbons (Fsp3) is 0.562. The Balaban J connectivity index is 2.55. The Hall–Kier alpha value is -1.45. The van der Waals surface area contributed by atoms with E-state index in [0.717, 1.165) is 25.1 Å². The zero-order valence-corrected chi connectivity index (χ0v) is 12.8. The Bertz CT molecular complexity index is 428. The Morgan fingerprint density at radius 1 is 1.14 bits per heavy atom. The summed E-state index contributed by atoms with van der Waals surface area (Å²) in [5.74, 6) is 0. The van der Waals surface area contributed by atoms with E-state index >= 15 is 0 Å². The molecule has 0 radical (unpaired) electrons. The van der Waals surface area contributed by atoms with Crippen LogP contribution in [0.5, 0.6) is 0 Å². The molecule has 0 aliphatic carbocycles. The van der Waals surface area contributed by atoms with Crippen LogP contribution in [0.1, 0.15) is 23.7 Å². The van der Waals surface area contributed by atoms with Crippen molar-refractivity contribution in [1.29, 1.82) is 5.26 Å². The van der Waals surface area contributed by atoms with Crippen LogP contribution < -0.4 is 0 Å². The lowest BCUT2D eigenvalue weighted by Gasteiger charge is -2.25. The van der Waals surface area contributed by atoms with Crippen LogP contribution in [-0.2, 0) is 9.47 Å². The number of aliphatic hydroxyl groups excluding tert-OH is 1. The normalized spacial score (nSPS) is 12.3. The summed E-state index contributed by atoms with van der Waals surface area (Å²) in [5.41, 5.74) is 1.42. The molecule has 1 unspecified atom stereocenters. The number of aliphatic hydroxyl groups is 1. The minimum Gasteiger partial charge on any atom is -0.387 e. The van der Waals surface area contributed by atoms with Crippen molar-refractivity contribution in [1.82, 2.24) is 4.90 Å². The van der Waals surface area contributed by atoms with Crippen LogP contribution in [0.25, 0.3) is 0 Å². The first-order valence-electron chi connectivity index (χ1n) is 7.09. The highest BCUT2D eigenvalue weighted by Gasteiger charge is 2.13. The molecule has 116 valence electrons. The Labute approximate surface area is 126 Å². The number of nitrogens with zero attached hydrogens (tertiary/aromatic N) is 2. The van der Waals surface area contributed by atoms with Crippen molar-refractivity contribution in [2.75, 3.05) is 47.1 Å². The highest BCUT2D eigenvalue weighted by molar-refractivity contribution is 5.32. The van der Waals surface area contributed by atoms with Gasteiger partial charge in [-0.3, -0.25) is 4.90 Å². The Morgan fingerprint density at radius 3 is 2.38 bits per heavy atom. The van der Waals surface area contributed by atoms with Gasteiger partial charge in [-0.2, -0.15) is 5.26 Å². The number of rotatable bonds is 10. The molecule has 0 aromatic heterocycles. The lowest BCUT2D eigenvalue weighted by atomic mass is 10.1. The fourth-order valence-electron chi connectivity index (χ4n) is 2.08. The molecular weight excluding hydrogens is 268 g/mol. The number of hydrogen-bond acceptors (Lipinski definition) is 5. The monoisotopic (exact) mass is 292 g/mol. The van der Waals surface area contributed by atoms with E-state index in [1.54, 1.807) is 38.5 Å². The van der Waals surface area contributed by atoms with Crippen LogP contribution in [0.2, 0.25) is 0 Å². The van der Waals surface area contributed by atoms with Gasteiger partial charge in [0.15, 0.2) is 0 Å². The van der Waals surface area contributed by atoms with Gasteiger partial charge in [0.2, 0.25) is 0 Å². The van der Waals surface area contributed by atoms with Gasteiger partial charge in [0, 0.05) is 40.5 Å². The number of ether oxygens (including phenoxy) is 2. The molecule has 0 aliphatic rings. The second kappa shape index (κ2) is 10.3. The highest BCUT2D eigenvalue weighted by Crippen LogP contribution is 2.15. The van der Waals surface area contributed by atoms with Crippen LogP contribution in [0, 0.1) is 11.3 Å². The van der Waals surface area contributed by atoms with E-state index in [-0.39, 0.29) is 0 Å². The van der Waals surface area contributed by atoms with Crippen molar-refractivity contribution in [3.05, 3.63) is 35.4 Å². The fourth-order valence-corrected chi connectivity index (χ4v) is 2.08. The predicted octanol–water partition coefficient (Wildman–Crippen LogP) is 1.58. The van der Waals surface area contributed by atoms with E-state index < -0.39 is 6.10 Å². The predicted molar refractivity (Wildman–Crippen MR) is 80.9 cm³/mol. The van der Waals surface area contributed by atoms with Crippen molar-refractivity contribution < 1.29 is 14.6 Å². The van der Waals surface area contributed by atoms with Gasteiger partial charge in [-0.25, -0.2) is 0 Å². The molecule has 1 aromatic carbocycles. The summed E-state index contributed by atoms with van der Waals surface area (Å²) in [4.78, 5) is 2.16. The van der Waals surface area contributed by atoms with Gasteiger partial charge >= 0.3 is 0 Å². The van der Waals surface area contributed by atoms with Crippen molar-refractivity contribution in [2.45, 2.75) is 12.5 Å². The van der Waals surface area contributed by atoms with Crippen LogP contribution >= 0.6 is 0 Å². The second-order valence-electron chi connectivity index (χ2n) is 4.89. The molecule has 5 nitrogen and oxygen atoms in total. The number of benzene rings is 1. The van der Waals surface area contributed by atoms with Crippen molar-refractivity contribution >= 4 is 0 Å². The van der Waals surface area contributed by atoms with E-state index in [1.165, 1.54) is 0 Å². The first-order valence-corrected chi connectivity index (χ1v) is 7.09. The molecule has 0 fully saturated rings. The summed E-state index contributed by atoms with van der Waals surface area (Å²) in [6.45, 7) is 3.50. The molecule has 0 heterocycles. The van der Waals surface area contributed by atoms with E-state index in [4.69, 9.17) is 14.7 Å².